The van der Waals surface area contributed by atoms with Crippen molar-refractivity contribution in [1.29, 1.82) is 0 Å². The van der Waals surface area contributed by atoms with Gasteiger partial charge in [-0.1, -0.05) is 13.5 Å². The molecule has 0 aliphatic heterocycles. The molecule has 0 aliphatic carbocycles. The second kappa shape index (κ2) is 16.1. The van der Waals surface area contributed by atoms with E-state index in [0.717, 1.165) is 0 Å². The Labute approximate surface area is 167 Å². The van der Waals surface area contributed by atoms with Crippen molar-refractivity contribution in [2.24, 2.45) is 0 Å². The average Bonchev–Trinajstić information content (AvgIpc) is 1.98. The van der Waals surface area contributed by atoms with Crippen LogP contribution in [-0.2, 0) is 15.2 Å². The molecule has 7 nitrogen and oxygen atoms in total. The van der Waals surface area contributed by atoms with Crippen molar-refractivity contribution in [3.8, 4) is 0 Å². The zero-order valence-electron chi connectivity index (χ0n) is 10.3. The summed E-state index contributed by atoms with van der Waals surface area (Å²) in [4.78, 5) is 9.93. The molecule has 0 aromatic carbocycles. The topological polar surface area (TPSA) is 141 Å². The first kappa shape index (κ1) is 31.4. The van der Waals surface area contributed by atoms with Gasteiger partial charge in [0.1, 0.15) is 0 Å². The average molecular weight is 294 g/mol. The number of carbonyl (C=O) groups excluding carboxylic acids is 1. The fourth-order valence-corrected chi connectivity index (χ4v) is 0.382. The molecule has 17 heavy (non-hydrogen) atoms. The van der Waals surface area contributed by atoms with E-state index in [1.54, 1.807) is 6.92 Å². The summed E-state index contributed by atoms with van der Waals surface area (Å²) in [5.74, 6) is -1.38. The first-order valence-corrected chi connectivity index (χ1v) is 4.67. The molecule has 0 saturated heterocycles. The molecular formula is C6H9Na3O7S. The van der Waals surface area contributed by atoms with Gasteiger partial charge < -0.3 is 24.1 Å². The number of carboxylic acids is 1. The number of rotatable bonds is 3. The van der Waals surface area contributed by atoms with E-state index < -0.39 is 22.5 Å². The number of hydrogen-bond acceptors (Lipinski definition) is 7. The molecule has 0 heterocycles. The van der Waals surface area contributed by atoms with Crippen molar-refractivity contribution in [3.63, 3.8) is 0 Å². The van der Waals surface area contributed by atoms with E-state index in [0.29, 0.717) is 6.42 Å². The standard InChI is InChI=1S/C6H10O3.3Na.H2O4S/c1-3-5(7)4(2)6(8)9;;;;1-5(2,3)4/h5,7H,2-3H2,1H3,(H,8,9);;;;(H2,1,2,3,4)/q;3*+1;/p-3. The molecule has 0 aromatic rings. The predicted octanol–water partition coefficient (Wildman–Crippen LogP) is -11.3. The van der Waals surface area contributed by atoms with E-state index in [2.05, 4.69) is 6.58 Å². The normalized spacial score (nSPS) is 10.1. The minimum Gasteiger partial charge on any atom is -0.759 e. The number of aliphatic hydroxyl groups is 1. The Bertz CT molecular complexity index is 295. The summed E-state index contributed by atoms with van der Waals surface area (Å²) >= 11 is 0. The number of carboxylic acid groups (broad SMARTS) is 1. The number of hydrogen-bond donors (Lipinski definition) is 1. The molecule has 1 N–H and O–H groups in total. The Morgan fingerprint density at radius 3 is 1.59 bits per heavy atom. The summed E-state index contributed by atoms with van der Waals surface area (Å²) < 4.78 is 34.1. The summed E-state index contributed by atoms with van der Waals surface area (Å²) in [5, 5.41) is 18.7. The summed E-state index contributed by atoms with van der Waals surface area (Å²) in [5.41, 5.74) is -0.252. The van der Waals surface area contributed by atoms with Crippen LogP contribution in [0.4, 0.5) is 0 Å². The van der Waals surface area contributed by atoms with Crippen LogP contribution in [-0.4, -0.2) is 34.7 Å². The van der Waals surface area contributed by atoms with Crippen LogP contribution in [0.25, 0.3) is 0 Å². The van der Waals surface area contributed by atoms with Gasteiger partial charge in [-0.3, -0.25) is 8.42 Å². The fraction of sp³-hybridized carbons (Fsp3) is 0.500. The van der Waals surface area contributed by atoms with Gasteiger partial charge in [-0.25, -0.2) is 0 Å². The maximum absolute atomic E-state index is 9.93. The predicted molar refractivity (Wildman–Crippen MR) is 40.9 cm³/mol. The van der Waals surface area contributed by atoms with Crippen LogP contribution in [0.5, 0.6) is 0 Å². The van der Waals surface area contributed by atoms with Gasteiger partial charge in [0, 0.05) is 10.4 Å². The Kier molecular flexibility index (Phi) is 29.8. The van der Waals surface area contributed by atoms with E-state index in [1.807, 2.05) is 0 Å². The van der Waals surface area contributed by atoms with Crippen molar-refractivity contribution in [2.75, 3.05) is 0 Å². The molecule has 0 spiro atoms. The van der Waals surface area contributed by atoms with Gasteiger partial charge in [0.25, 0.3) is 0 Å². The molecular weight excluding hydrogens is 285 g/mol. The number of carbonyl (C=O) groups is 1. The number of aliphatic carboxylic acids is 1. The molecule has 0 saturated carbocycles. The molecule has 1 atom stereocenters. The van der Waals surface area contributed by atoms with E-state index in [-0.39, 0.29) is 94.2 Å². The summed E-state index contributed by atoms with van der Waals surface area (Å²) in [7, 11) is -5.17. The zero-order chi connectivity index (χ0) is 11.9. The van der Waals surface area contributed by atoms with Crippen LogP contribution >= 0.6 is 0 Å². The van der Waals surface area contributed by atoms with Crippen LogP contribution in [0.2, 0.25) is 0 Å². The molecule has 1 unspecified atom stereocenters. The van der Waals surface area contributed by atoms with Crippen LogP contribution in [0.1, 0.15) is 13.3 Å². The Hall–Kier alpha value is 2.04. The first-order chi connectivity index (χ1) is 6.09. The summed E-state index contributed by atoms with van der Waals surface area (Å²) in [6, 6.07) is 0. The monoisotopic (exact) mass is 294 g/mol. The molecule has 0 aromatic heterocycles. The van der Waals surface area contributed by atoms with Crippen molar-refractivity contribution in [2.45, 2.75) is 19.4 Å². The largest absolute Gasteiger partial charge is 1.00 e. The SMILES string of the molecule is C=C(C(=O)[O-])C(O)CC.O=S(=O)([O-])[O-].[Na+].[Na+].[Na+]. The molecule has 0 bridgehead atoms. The van der Waals surface area contributed by atoms with Crippen LogP contribution < -0.4 is 93.8 Å². The quantitative estimate of drug-likeness (QED) is 0.236. The number of aliphatic hydroxyl groups excluding tert-OH is 1. The minimum atomic E-state index is -5.17. The van der Waals surface area contributed by atoms with Crippen molar-refractivity contribution in [1.82, 2.24) is 0 Å². The summed E-state index contributed by atoms with van der Waals surface area (Å²) in [6.07, 6.45) is -0.609. The van der Waals surface area contributed by atoms with Gasteiger partial charge in [-0.2, -0.15) is 0 Å². The van der Waals surface area contributed by atoms with Gasteiger partial charge in [0.2, 0.25) is 0 Å². The molecule has 0 radical (unpaired) electrons. The smallest absolute Gasteiger partial charge is 0.759 e. The molecule has 0 amide bonds. The molecule has 84 valence electrons. The van der Waals surface area contributed by atoms with E-state index in [1.165, 1.54) is 0 Å². The molecule has 0 aliphatic rings. The van der Waals surface area contributed by atoms with Gasteiger partial charge in [-0.15, -0.1) is 0 Å². The maximum atomic E-state index is 9.93. The van der Waals surface area contributed by atoms with E-state index in [9.17, 15) is 9.90 Å². The van der Waals surface area contributed by atoms with Gasteiger partial charge in [0.05, 0.1) is 12.1 Å². The van der Waals surface area contributed by atoms with Gasteiger partial charge in [-0.05, 0) is 12.0 Å². The van der Waals surface area contributed by atoms with E-state index >= 15 is 0 Å². The Balaban J connectivity index is -0.0000000533. The Morgan fingerprint density at radius 1 is 1.29 bits per heavy atom. The Morgan fingerprint density at radius 2 is 1.53 bits per heavy atom. The molecule has 0 fully saturated rings. The van der Waals surface area contributed by atoms with Crippen molar-refractivity contribution >= 4 is 16.4 Å². The molecule has 0 rings (SSSR count). The van der Waals surface area contributed by atoms with Gasteiger partial charge >= 0.3 is 88.7 Å². The third kappa shape index (κ3) is 32.0. The van der Waals surface area contributed by atoms with Crippen molar-refractivity contribution in [3.05, 3.63) is 12.2 Å². The van der Waals surface area contributed by atoms with Crippen molar-refractivity contribution < 1.29 is 121 Å². The van der Waals surface area contributed by atoms with E-state index in [4.69, 9.17) is 22.6 Å². The third-order valence-corrected chi connectivity index (χ3v) is 1.05. The second-order valence-corrected chi connectivity index (χ2v) is 2.96. The maximum Gasteiger partial charge on any atom is 1.00 e. The van der Waals surface area contributed by atoms with Gasteiger partial charge in [0.15, 0.2) is 0 Å². The summed E-state index contributed by atoms with van der Waals surface area (Å²) in [6.45, 7) is 4.78. The second-order valence-electron chi connectivity index (χ2n) is 2.14. The van der Waals surface area contributed by atoms with Crippen LogP contribution in [0.3, 0.4) is 0 Å². The molecule has 11 heteroatoms. The fourth-order valence-electron chi connectivity index (χ4n) is 0.382. The third-order valence-electron chi connectivity index (χ3n) is 1.05. The van der Waals surface area contributed by atoms with Crippen LogP contribution in [0, 0.1) is 0 Å². The zero-order valence-corrected chi connectivity index (χ0v) is 17.1. The first-order valence-electron chi connectivity index (χ1n) is 3.34. The van der Waals surface area contributed by atoms with Crippen LogP contribution in [0.15, 0.2) is 12.2 Å². The minimum absolute atomic E-state index is 0.